The maximum absolute atomic E-state index is 7.48. The summed E-state index contributed by atoms with van der Waals surface area (Å²) in [5.41, 5.74) is 9.49. The molecule has 2 aromatic carbocycles. The van der Waals surface area contributed by atoms with E-state index in [-0.39, 0.29) is 5.84 Å². The van der Waals surface area contributed by atoms with Gasteiger partial charge in [-0.05, 0) is 35.4 Å². The van der Waals surface area contributed by atoms with Crippen LogP contribution in [0.4, 0.5) is 0 Å². The second kappa shape index (κ2) is 4.61. The van der Waals surface area contributed by atoms with E-state index in [1.807, 2.05) is 36.4 Å². The van der Waals surface area contributed by atoms with E-state index in [1.54, 1.807) is 0 Å². The third-order valence-corrected chi connectivity index (χ3v) is 3.18. The Labute approximate surface area is 111 Å². The lowest BCUT2D eigenvalue weighted by Gasteiger charge is -2.18. The zero-order chi connectivity index (χ0) is 13.2. The Morgan fingerprint density at radius 1 is 1.11 bits per heavy atom. The van der Waals surface area contributed by atoms with Crippen LogP contribution in [0.3, 0.4) is 0 Å². The molecule has 0 aliphatic carbocycles. The zero-order valence-electron chi connectivity index (χ0n) is 10.4. The molecule has 0 fully saturated rings. The number of ether oxygens (including phenoxy) is 1. The number of nitrogens with one attached hydrogen (secondary N) is 1. The predicted octanol–water partition coefficient (Wildman–Crippen LogP) is 2.90. The van der Waals surface area contributed by atoms with Gasteiger partial charge in [0, 0.05) is 11.1 Å². The molecule has 3 rings (SSSR count). The Bertz CT molecular complexity index is 660. The van der Waals surface area contributed by atoms with Crippen LogP contribution in [0.5, 0.6) is 5.75 Å². The van der Waals surface area contributed by atoms with E-state index >= 15 is 0 Å². The Morgan fingerprint density at radius 2 is 1.89 bits per heavy atom. The second-order valence-corrected chi connectivity index (χ2v) is 4.49. The van der Waals surface area contributed by atoms with Crippen molar-refractivity contribution in [2.75, 3.05) is 6.61 Å². The summed E-state index contributed by atoms with van der Waals surface area (Å²) in [6, 6.07) is 15.7. The van der Waals surface area contributed by atoms with E-state index in [4.69, 9.17) is 15.9 Å². The van der Waals surface area contributed by atoms with Crippen LogP contribution < -0.4 is 10.5 Å². The van der Waals surface area contributed by atoms with Crippen LogP contribution >= 0.6 is 0 Å². The van der Waals surface area contributed by atoms with Crippen LogP contribution in [0.1, 0.15) is 16.7 Å². The first-order valence-electron chi connectivity index (χ1n) is 6.11. The van der Waals surface area contributed by atoms with Crippen LogP contribution in [-0.2, 0) is 0 Å². The van der Waals surface area contributed by atoms with Crippen molar-refractivity contribution in [1.82, 2.24) is 0 Å². The smallest absolute Gasteiger partial charge is 0.127 e. The van der Waals surface area contributed by atoms with Gasteiger partial charge < -0.3 is 10.5 Å². The van der Waals surface area contributed by atoms with Crippen molar-refractivity contribution in [1.29, 1.82) is 5.41 Å². The Balaban J connectivity index is 2.04. The van der Waals surface area contributed by atoms with Gasteiger partial charge in [-0.3, -0.25) is 5.41 Å². The number of rotatable bonds is 2. The predicted molar refractivity (Wildman–Crippen MR) is 77.3 cm³/mol. The largest absolute Gasteiger partial charge is 0.488 e. The first-order valence-corrected chi connectivity index (χ1v) is 6.11. The highest BCUT2D eigenvalue weighted by atomic mass is 16.5. The van der Waals surface area contributed by atoms with Crippen molar-refractivity contribution >= 4 is 17.5 Å². The molecule has 3 N–H and O–H groups in total. The summed E-state index contributed by atoms with van der Waals surface area (Å²) < 4.78 is 5.75. The quantitative estimate of drug-likeness (QED) is 0.636. The highest BCUT2D eigenvalue weighted by molar-refractivity contribution is 5.96. The monoisotopic (exact) mass is 250 g/mol. The summed E-state index contributed by atoms with van der Waals surface area (Å²) in [6.07, 6.45) is 2.10. The third-order valence-electron chi connectivity index (χ3n) is 3.18. The number of fused-ring (bicyclic) bond motifs is 1. The van der Waals surface area contributed by atoms with Crippen LogP contribution in [0, 0.1) is 5.41 Å². The van der Waals surface area contributed by atoms with E-state index in [9.17, 15) is 0 Å². The first-order chi connectivity index (χ1) is 9.24. The lowest BCUT2D eigenvalue weighted by Crippen LogP contribution is -2.12. The number of nitrogens with two attached hydrogens (primary N) is 1. The van der Waals surface area contributed by atoms with E-state index in [0.717, 1.165) is 22.4 Å². The standard InChI is InChI=1S/C16H14N2O/c17-16(18)12-6-7-15-13(8-12)9-14(10-19-15)11-4-2-1-3-5-11/h1-9H,10H2,(H3,17,18). The second-order valence-electron chi connectivity index (χ2n) is 4.49. The summed E-state index contributed by atoms with van der Waals surface area (Å²) in [5.74, 6) is 0.910. The molecular weight excluding hydrogens is 236 g/mol. The molecule has 0 aromatic heterocycles. The van der Waals surface area contributed by atoms with Crippen molar-refractivity contribution in [2.24, 2.45) is 5.73 Å². The van der Waals surface area contributed by atoms with Gasteiger partial charge >= 0.3 is 0 Å². The molecular formula is C16H14N2O. The molecule has 0 spiro atoms. The van der Waals surface area contributed by atoms with Gasteiger partial charge in [0.15, 0.2) is 0 Å². The van der Waals surface area contributed by atoms with E-state index in [1.165, 1.54) is 0 Å². The van der Waals surface area contributed by atoms with E-state index in [2.05, 4.69) is 18.2 Å². The SMILES string of the molecule is N=C(N)c1ccc2c(c1)C=C(c1ccccc1)CO2. The molecule has 0 radical (unpaired) electrons. The lowest BCUT2D eigenvalue weighted by atomic mass is 9.99. The fourth-order valence-corrected chi connectivity index (χ4v) is 2.16. The Kier molecular flexibility index (Phi) is 2.80. The minimum Gasteiger partial charge on any atom is -0.488 e. The highest BCUT2D eigenvalue weighted by Crippen LogP contribution is 2.31. The van der Waals surface area contributed by atoms with Gasteiger partial charge in [0.05, 0.1) is 0 Å². The zero-order valence-corrected chi connectivity index (χ0v) is 10.4. The molecule has 0 unspecified atom stereocenters. The van der Waals surface area contributed by atoms with Crippen molar-refractivity contribution in [2.45, 2.75) is 0 Å². The molecule has 0 saturated carbocycles. The Morgan fingerprint density at radius 3 is 2.63 bits per heavy atom. The summed E-state index contributed by atoms with van der Waals surface area (Å²) >= 11 is 0. The highest BCUT2D eigenvalue weighted by Gasteiger charge is 2.13. The minimum absolute atomic E-state index is 0.0723. The summed E-state index contributed by atoms with van der Waals surface area (Å²) in [7, 11) is 0. The maximum atomic E-state index is 7.48. The van der Waals surface area contributed by atoms with Gasteiger partial charge in [-0.15, -0.1) is 0 Å². The number of nitrogen functional groups attached to an aromatic ring is 1. The minimum atomic E-state index is 0.0723. The molecule has 1 aliphatic rings. The molecule has 1 heterocycles. The van der Waals surface area contributed by atoms with Gasteiger partial charge in [0.25, 0.3) is 0 Å². The van der Waals surface area contributed by atoms with Crippen LogP contribution in [0.2, 0.25) is 0 Å². The fraction of sp³-hybridized carbons (Fsp3) is 0.0625. The summed E-state index contributed by atoms with van der Waals surface area (Å²) in [6.45, 7) is 0.566. The molecule has 0 saturated heterocycles. The Hall–Kier alpha value is -2.55. The average Bonchev–Trinajstić information content (AvgIpc) is 2.47. The fourth-order valence-electron chi connectivity index (χ4n) is 2.16. The van der Waals surface area contributed by atoms with Crippen LogP contribution in [0.15, 0.2) is 48.5 Å². The molecule has 0 amide bonds. The van der Waals surface area contributed by atoms with Crippen molar-refractivity contribution < 1.29 is 4.74 Å². The maximum Gasteiger partial charge on any atom is 0.127 e. The molecule has 19 heavy (non-hydrogen) atoms. The first kappa shape index (κ1) is 11.5. The van der Waals surface area contributed by atoms with E-state index < -0.39 is 0 Å². The van der Waals surface area contributed by atoms with Gasteiger partial charge in [-0.2, -0.15) is 0 Å². The van der Waals surface area contributed by atoms with Crippen LogP contribution in [0.25, 0.3) is 11.6 Å². The molecule has 3 nitrogen and oxygen atoms in total. The number of hydrogen-bond acceptors (Lipinski definition) is 2. The van der Waals surface area contributed by atoms with Gasteiger partial charge in [-0.25, -0.2) is 0 Å². The van der Waals surface area contributed by atoms with Gasteiger partial charge in [-0.1, -0.05) is 30.3 Å². The molecule has 1 aliphatic heterocycles. The summed E-state index contributed by atoms with van der Waals surface area (Å²) in [5, 5.41) is 7.48. The van der Waals surface area contributed by atoms with Gasteiger partial charge in [0.2, 0.25) is 0 Å². The van der Waals surface area contributed by atoms with Crippen molar-refractivity contribution in [3.63, 3.8) is 0 Å². The van der Waals surface area contributed by atoms with Gasteiger partial charge in [0.1, 0.15) is 18.2 Å². The molecule has 94 valence electrons. The van der Waals surface area contributed by atoms with Crippen LogP contribution in [-0.4, -0.2) is 12.4 Å². The number of amidine groups is 1. The molecule has 3 heteroatoms. The third kappa shape index (κ3) is 2.22. The van der Waals surface area contributed by atoms with E-state index in [0.29, 0.717) is 12.2 Å². The molecule has 2 aromatic rings. The summed E-state index contributed by atoms with van der Waals surface area (Å²) in [4.78, 5) is 0. The topological polar surface area (TPSA) is 59.1 Å². The average molecular weight is 250 g/mol. The lowest BCUT2D eigenvalue weighted by molar-refractivity contribution is 0.366. The normalized spacial score (nSPS) is 13.2. The molecule has 0 bridgehead atoms. The van der Waals surface area contributed by atoms with Crippen molar-refractivity contribution in [3.05, 3.63) is 65.2 Å². The number of hydrogen-bond donors (Lipinski definition) is 2. The number of benzene rings is 2. The van der Waals surface area contributed by atoms with Crippen molar-refractivity contribution in [3.8, 4) is 5.75 Å². The molecule has 0 atom stereocenters.